The highest BCUT2D eigenvalue weighted by Crippen LogP contribution is 2.16. The van der Waals surface area contributed by atoms with Gasteiger partial charge in [0.25, 0.3) is 5.91 Å². The first-order chi connectivity index (χ1) is 7.72. The third-order valence-corrected chi connectivity index (χ3v) is 2.75. The van der Waals surface area contributed by atoms with Gasteiger partial charge in [0.2, 0.25) is 0 Å². The summed E-state index contributed by atoms with van der Waals surface area (Å²) >= 11 is 0. The van der Waals surface area contributed by atoms with E-state index >= 15 is 0 Å². The van der Waals surface area contributed by atoms with Crippen LogP contribution >= 0.6 is 0 Å². The van der Waals surface area contributed by atoms with Crippen LogP contribution in [-0.2, 0) is 0 Å². The number of benzene rings is 1. The van der Waals surface area contributed by atoms with Gasteiger partial charge in [0.15, 0.2) is 0 Å². The molecule has 0 atom stereocenters. The topological polar surface area (TPSA) is 37.4 Å². The molecule has 2 rings (SSSR count). The molecule has 84 valence electrons. The maximum absolute atomic E-state index is 13.4. The Kier molecular flexibility index (Phi) is 2.99. The second-order valence-electron chi connectivity index (χ2n) is 3.86. The van der Waals surface area contributed by atoms with Gasteiger partial charge in [0, 0.05) is 18.7 Å². The standard InChI is InChI=1S/C12H12FNO2/c13-11-4-3-9(8-15)7-10(11)12(16)14-5-1-2-6-14/h3-4,7-8H,1-2,5-6H2. The van der Waals surface area contributed by atoms with E-state index < -0.39 is 5.82 Å². The summed E-state index contributed by atoms with van der Waals surface area (Å²) in [6.07, 6.45) is 2.53. The highest BCUT2D eigenvalue weighted by molar-refractivity contribution is 5.96. The number of aldehydes is 1. The van der Waals surface area contributed by atoms with Gasteiger partial charge in [-0.1, -0.05) is 0 Å². The Balaban J connectivity index is 2.30. The molecule has 4 heteroatoms. The summed E-state index contributed by atoms with van der Waals surface area (Å²) in [4.78, 5) is 24.1. The van der Waals surface area contributed by atoms with Crippen LogP contribution in [0.25, 0.3) is 0 Å². The normalized spacial score (nSPS) is 15.2. The highest BCUT2D eigenvalue weighted by atomic mass is 19.1. The number of carbonyl (C=O) groups is 2. The van der Waals surface area contributed by atoms with Gasteiger partial charge in [-0.15, -0.1) is 0 Å². The van der Waals surface area contributed by atoms with Crippen LogP contribution in [0.2, 0.25) is 0 Å². The van der Waals surface area contributed by atoms with E-state index in [-0.39, 0.29) is 11.5 Å². The number of carbonyl (C=O) groups excluding carboxylic acids is 2. The molecule has 0 spiro atoms. The van der Waals surface area contributed by atoms with Crippen LogP contribution in [0, 0.1) is 5.82 Å². The second kappa shape index (κ2) is 4.43. The molecule has 0 aromatic heterocycles. The van der Waals surface area contributed by atoms with E-state index in [0.29, 0.717) is 24.9 Å². The van der Waals surface area contributed by atoms with Crippen molar-refractivity contribution in [3.8, 4) is 0 Å². The summed E-state index contributed by atoms with van der Waals surface area (Å²) in [6, 6.07) is 3.83. The molecule has 1 aliphatic rings. The summed E-state index contributed by atoms with van der Waals surface area (Å²) in [5, 5.41) is 0. The van der Waals surface area contributed by atoms with Crippen LogP contribution < -0.4 is 0 Å². The van der Waals surface area contributed by atoms with Gasteiger partial charge in [-0.05, 0) is 31.0 Å². The lowest BCUT2D eigenvalue weighted by Gasteiger charge is -2.15. The van der Waals surface area contributed by atoms with Crippen molar-refractivity contribution in [1.29, 1.82) is 0 Å². The molecule has 1 amide bonds. The molecule has 3 nitrogen and oxygen atoms in total. The first-order valence-electron chi connectivity index (χ1n) is 5.26. The van der Waals surface area contributed by atoms with Crippen molar-refractivity contribution < 1.29 is 14.0 Å². The van der Waals surface area contributed by atoms with Gasteiger partial charge in [0.05, 0.1) is 5.56 Å². The largest absolute Gasteiger partial charge is 0.339 e. The second-order valence-corrected chi connectivity index (χ2v) is 3.86. The molecule has 1 aliphatic heterocycles. The molecule has 0 N–H and O–H groups in total. The van der Waals surface area contributed by atoms with Gasteiger partial charge in [-0.2, -0.15) is 0 Å². The summed E-state index contributed by atoms with van der Waals surface area (Å²) in [5.41, 5.74) is 0.315. The van der Waals surface area contributed by atoms with Crippen LogP contribution in [0.5, 0.6) is 0 Å². The lowest BCUT2D eigenvalue weighted by atomic mass is 10.1. The summed E-state index contributed by atoms with van der Waals surface area (Å²) in [6.45, 7) is 1.34. The van der Waals surface area contributed by atoms with Gasteiger partial charge in [-0.3, -0.25) is 9.59 Å². The van der Waals surface area contributed by atoms with Gasteiger partial charge in [-0.25, -0.2) is 4.39 Å². The zero-order valence-electron chi connectivity index (χ0n) is 8.78. The van der Waals surface area contributed by atoms with Gasteiger partial charge >= 0.3 is 0 Å². The fourth-order valence-corrected chi connectivity index (χ4v) is 1.87. The van der Waals surface area contributed by atoms with E-state index in [4.69, 9.17) is 0 Å². The molecule has 0 bridgehead atoms. The average molecular weight is 221 g/mol. The molecule has 0 unspecified atom stereocenters. The van der Waals surface area contributed by atoms with Crippen molar-refractivity contribution in [2.75, 3.05) is 13.1 Å². The summed E-state index contributed by atoms with van der Waals surface area (Å²) in [5.74, 6) is -0.888. The molecule has 16 heavy (non-hydrogen) atoms. The SMILES string of the molecule is O=Cc1ccc(F)c(C(=O)N2CCCC2)c1. The summed E-state index contributed by atoms with van der Waals surface area (Å²) in [7, 11) is 0. The van der Waals surface area contributed by atoms with E-state index in [1.807, 2.05) is 0 Å². The third-order valence-electron chi connectivity index (χ3n) is 2.75. The Morgan fingerprint density at radius 2 is 2.00 bits per heavy atom. The highest BCUT2D eigenvalue weighted by Gasteiger charge is 2.22. The minimum atomic E-state index is -0.567. The van der Waals surface area contributed by atoms with Crippen LogP contribution in [0.15, 0.2) is 18.2 Å². The zero-order valence-corrected chi connectivity index (χ0v) is 8.78. The number of hydrogen-bond acceptors (Lipinski definition) is 2. The van der Waals surface area contributed by atoms with E-state index in [1.165, 1.54) is 12.1 Å². The number of nitrogens with zero attached hydrogens (tertiary/aromatic N) is 1. The Morgan fingerprint density at radius 1 is 1.31 bits per heavy atom. The Hall–Kier alpha value is -1.71. The van der Waals surface area contributed by atoms with Crippen LogP contribution in [-0.4, -0.2) is 30.2 Å². The number of rotatable bonds is 2. The molecule has 1 saturated heterocycles. The van der Waals surface area contributed by atoms with Crippen molar-refractivity contribution in [3.05, 3.63) is 35.1 Å². The smallest absolute Gasteiger partial charge is 0.256 e. The number of likely N-dealkylation sites (tertiary alicyclic amines) is 1. The Morgan fingerprint density at radius 3 is 2.62 bits per heavy atom. The molecule has 1 fully saturated rings. The fourth-order valence-electron chi connectivity index (χ4n) is 1.87. The number of halogens is 1. The third kappa shape index (κ3) is 1.96. The maximum Gasteiger partial charge on any atom is 0.256 e. The van der Waals surface area contributed by atoms with E-state index in [1.54, 1.807) is 4.90 Å². The fraction of sp³-hybridized carbons (Fsp3) is 0.333. The number of hydrogen-bond donors (Lipinski definition) is 0. The predicted octanol–water partition coefficient (Wildman–Crippen LogP) is 1.87. The maximum atomic E-state index is 13.4. The zero-order chi connectivity index (χ0) is 11.5. The van der Waals surface area contributed by atoms with Crippen LogP contribution in [0.1, 0.15) is 33.6 Å². The molecular formula is C12H12FNO2. The average Bonchev–Trinajstić information content (AvgIpc) is 2.82. The molecule has 0 saturated carbocycles. The van der Waals surface area contributed by atoms with E-state index in [0.717, 1.165) is 18.9 Å². The Labute approximate surface area is 92.9 Å². The molecule has 1 aromatic carbocycles. The monoisotopic (exact) mass is 221 g/mol. The van der Waals surface area contributed by atoms with Crippen molar-refractivity contribution in [3.63, 3.8) is 0 Å². The lowest BCUT2D eigenvalue weighted by molar-refractivity contribution is 0.0788. The van der Waals surface area contributed by atoms with Gasteiger partial charge in [0.1, 0.15) is 12.1 Å². The van der Waals surface area contributed by atoms with Crippen molar-refractivity contribution in [2.24, 2.45) is 0 Å². The van der Waals surface area contributed by atoms with Crippen LogP contribution in [0.4, 0.5) is 4.39 Å². The predicted molar refractivity (Wildman–Crippen MR) is 56.9 cm³/mol. The molecule has 1 heterocycles. The molecule has 0 aliphatic carbocycles. The minimum absolute atomic E-state index is 0.00787. The molecular weight excluding hydrogens is 209 g/mol. The lowest BCUT2D eigenvalue weighted by Crippen LogP contribution is -2.28. The van der Waals surface area contributed by atoms with Crippen molar-refractivity contribution >= 4 is 12.2 Å². The van der Waals surface area contributed by atoms with Crippen LogP contribution in [0.3, 0.4) is 0 Å². The van der Waals surface area contributed by atoms with E-state index in [2.05, 4.69) is 0 Å². The van der Waals surface area contributed by atoms with Gasteiger partial charge < -0.3 is 4.90 Å². The molecule has 0 radical (unpaired) electrons. The minimum Gasteiger partial charge on any atom is -0.339 e. The van der Waals surface area contributed by atoms with Crippen molar-refractivity contribution in [1.82, 2.24) is 4.90 Å². The Bertz CT molecular complexity index is 425. The first-order valence-corrected chi connectivity index (χ1v) is 5.26. The number of amides is 1. The molecule has 1 aromatic rings. The quantitative estimate of drug-likeness (QED) is 0.715. The summed E-state index contributed by atoms with van der Waals surface area (Å²) < 4.78 is 13.4. The van der Waals surface area contributed by atoms with E-state index in [9.17, 15) is 14.0 Å². The first kappa shape index (κ1) is 10.8. The van der Waals surface area contributed by atoms with Crippen molar-refractivity contribution in [2.45, 2.75) is 12.8 Å².